The standard InChI is InChI=1S/C12H9N3O3/c16-12(17)9-4-8-6-14-15(11(8)13-5-9)7-10-2-1-3-18-10/h1-6H,7H2,(H,16,17). The quantitative estimate of drug-likeness (QED) is 0.758. The molecule has 0 radical (unpaired) electrons. The third kappa shape index (κ3) is 1.73. The van der Waals surface area contributed by atoms with Gasteiger partial charge in [-0.15, -0.1) is 0 Å². The van der Waals surface area contributed by atoms with Crippen molar-refractivity contribution in [3.63, 3.8) is 0 Å². The highest BCUT2D eigenvalue weighted by Crippen LogP contribution is 2.14. The van der Waals surface area contributed by atoms with E-state index in [4.69, 9.17) is 9.52 Å². The molecular weight excluding hydrogens is 234 g/mol. The van der Waals surface area contributed by atoms with Crippen molar-refractivity contribution in [2.75, 3.05) is 0 Å². The minimum Gasteiger partial charge on any atom is -0.478 e. The molecule has 0 saturated carbocycles. The number of hydrogen-bond acceptors (Lipinski definition) is 4. The summed E-state index contributed by atoms with van der Waals surface area (Å²) in [4.78, 5) is 14.9. The molecule has 0 saturated heterocycles. The summed E-state index contributed by atoms with van der Waals surface area (Å²) in [5, 5.41) is 13.7. The predicted molar refractivity (Wildman–Crippen MR) is 62.3 cm³/mol. The highest BCUT2D eigenvalue weighted by molar-refractivity contribution is 5.91. The molecule has 1 N–H and O–H groups in total. The number of aromatic nitrogens is 3. The van der Waals surface area contributed by atoms with Gasteiger partial charge in [-0.25, -0.2) is 14.5 Å². The molecule has 0 aromatic carbocycles. The summed E-state index contributed by atoms with van der Waals surface area (Å²) in [5.41, 5.74) is 0.788. The van der Waals surface area contributed by atoms with E-state index < -0.39 is 5.97 Å². The van der Waals surface area contributed by atoms with Crippen molar-refractivity contribution in [3.05, 3.63) is 48.2 Å². The van der Waals surface area contributed by atoms with Crippen molar-refractivity contribution in [1.29, 1.82) is 0 Å². The van der Waals surface area contributed by atoms with Gasteiger partial charge in [-0.3, -0.25) is 0 Å². The van der Waals surface area contributed by atoms with Gasteiger partial charge in [0.1, 0.15) is 12.3 Å². The van der Waals surface area contributed by atoms with Gasteiger partial charge in [-0.05, 0) is 18.2 Å². The van der Waals surface area contributed by atoms with Crippen LogP contribution in [0.2, 0.25) is 0 Å². The summed E-state index contributed by atoms with van der Waals surface area (Å²) in [6.45, 7) is 0.468. The lowest BCUT2D eigenvalue weighted by molar-refractivity contribution is 0.0696. The Hall–Kier alpha value is -2.63. The number of rotatable bonds is 3. The largest absolute Gasteiger partial charge is 0.478 e. The molecule has 0 aliphatic heterocycles. The number of aromatic carboxylic acids is 1. The molecule has 0 amide bonds. The van der Waals surface area contributed by atoms with Gasteiger partial charge in [0.2, 0.25) is 0 Å². The Balaban J connectivity index is 2.02. The van der Waals surface area contributed by atoms with E-state index in [1.165, 1.54) is 6.20 Å². The van der Waals surface area contributed by atoms with Gasteiger partial charge in [0.05, 0.1) is 18.0 Å². The maximum atomic E-state index is 10.8. The van der Waals surface area contributed by atoms with E-state index in [-0.39, 0.29) is 5.56 Å². The molecule has 6 heteroatoms. The van der Waals surface area contributed by atoms with Crippen LogP contribution in [-0.4, -0.2) is 25.8 Å². The first kappa shape index (κ1) is 10.5. The van der Waals surface area contributed by atoms with Gasteiger partial charge in [0.15, 0.2) is 5.65 Å². The summed E-state index contributed by atoms with van der Waals surface area (Å²) in [5.74, 6) is -0.229. The van der Waals surface area contributed by atoms with Crippen LogP contribution in [0.25, 0.3) is 11.0 Å². The van der Waals surface area contributed by atoms with Crippen LogP contribution >= 0.6 is 0 Å². The zero-order valence-electron chi connectivity index (χ0n) is 9.28. The normalized spacial score (nSPS) is 10.9. The van der Waals surface area contributed by atoms with Crippen LogP contribution in [0.15, 0.2) is 41.3 Å². The van der Waals surface area contributed by atoms with Gasteiger partial charge in [0.25, 0.3) is 0 Å². The molecule has 0 atom stereocenters. The third-order valence-corrected chi connectivity index (χ3v) is 2.61. The van der Waals surface area contributed by atoms with E-state index in [9.17, 15) is 4.79 Å². The van der Waals surface area contributed by atoms with E-state index in [1.807, 2.05) is 6.07 Å². The van der Waals surface area contributed by atoms with Crippen LogP contribution < -0.4 is 0 Å². The molecule has 18 heavy (non-hydrogen) atoms. The van der Waals surface area contributed by atoms with Crippen LogP contribution in [0.1, 0.15) is 16.1 Å². The molecule has 3 heterocycles. The van der Waals surface area contributed by atoms with Crippen molar-refractivity contribution in [2.45, 2.75) is 6.54 Å². The van der Waals surface area contributed by atoms with Crippen LogP contribution in [0.5, 0.6) is 0 Å². The molecule has 0 fully saturated rings. The molecule has 0 unspecified atom stereocenters. The number of carboxylic acid groups (broad SMARTS) is 1. The zero-order valence-corrected chi connectivity index (χ0v) is 9.28. The number of hydrogen-bond donors (Lipinski definition) is 1. The van der Waals surface area contributed by atoms with E-state index in [0.29, 0.717) is 17.6 Å². The molecule has 3 rings (SSSR count). The Morgan fingerprint density at radius 2 is 2.33 bits per heavy atom. The molecule has 3 aromatic rings. The number of carboxylic acids is 1. The van der Waals surface area contributed by atoms with Crippen LogP contribution in [-0.2, 0) is 6.54 Å². The number of fused-ring (bicyclic) bond motifs is 1. The molecule has 90 valence electrons. The monoisotopic (exact) mass is 243 g/mol. The fourth-order valence-electron chi connectivity index (χ4n) is 1.75. The van der Waals surface area contributed by atoms with Gasteiger partial charge < -0.3 is 9.52 Å². The smallest absolute Gasteiger partial charge is 0.337 e. The molecular formula is C12H9N3O3. The number of furan rings is 1. The van der Waals surface area contributed by atoms with E-state index in [1.54, 1.807) is 29.3 Å². The maximum absolute atomic E-state index is 10.8. The van der Waals surface area contributed by atoms with Gasteiger partial charge >= 0.3 is 5.97 Å². The van der Waals surface area contributed by atoms with Crippen molar-refractivity contribution in [1.82, 2.24) is 14.8 Å². The Bertz CT molecular complexity index is 701. The predicted octanol–water partition coefficient (Wildman–Crippen LogP) is 1.77. The highest BCUT2D eigenvalue weighted by atomic mass is 16.4. The third-order valence-electron chi connectivity index (χ3n) is 2.61. The molecule has 3 aromatic heterocycles. The average Bonchev–Trinajstić information content (AvgIpc) is 2.99. The molecule has 0 aliphatic rings. The van der Waals surface area contributed by atoms with Crippen LogP contribution in [0.4, 0.5) is 0 Å². The lowest BCUT2D eigenvalue weighted by Crippen LogP contribution is -2.02. The van der Waals surface area contributed by atoms with E-state index in [0.717, 1.165) is 5.76 Å². The van der Waals surface area contributed by atoms with Gasteiger partial charge in [-0.1, -0.05) is 0 Å². The molecule has 0 aliphatic carbocycles. The highest BCUT2D eigenvalue weighted by Gasteiger charge is 2.09. The molecule has 0 spiro atoms. The minimum absolute atomic E-state index is 0.153. The number of carbonyl (C=O) groups is 1. The maximum Gasteiger partial charge on any atom is 0.337 e. The number of pyridine rings is 1. The fraction of sp³-hybridized carbons (Fsp3) is 0.0833. The Labute approximate surface area is 101 Å². The summed E-state index contributed by atoms with van der Waals surface area (Å²) >= 11 is 0. The first-order valence-corrected chi connectivity index (χ1v) is 5.31. The minimum atomic E-state index is -0.997. The zero-order chi connectivity index (χ0) is 12.5. The van der Waals surface area contributed by atoms with E-state index >= 15 is 0 Å². The van der Waals surface area contributed by atoms with Crippen molar-refractivity contribution < 1.29 is 14.3 Å². The van der Waals surface area contributed by atoms with Crippen LogP contribution in [0, 0.1) is 0 Å². The summed E-state index contributed by atoms with van der Waals surface area (Å²) in [6.07, 6.45) is 4.51. The first-order chi connectivity index (χ1) is 8.74. The topological polar surface area (TPSA) is 81.1 Å². The summed E-state index contributed by atoms with van der Waals surface area (Å²) in [6, 6.07) is 5.20. The summed E-state index contributed by atoms with van der Waals surface area (Å²) in [7, 11) is 0. The number of nitrogens with zero attached hydrogens (tertiary/aromatic N) is 3. The van der Waals surface area contributed by atoms with Crippen molar-refractivity contribution >= 4 is 17.0 Å². The van der Waals surface area contributed by atoms with Crippen LogP contribution in [0.3, 0.4) is 0 Å². The Morgan fingerprint density at radius 1 is 1.44 bits per heavy atom. The fourth-order valence-corrected chi connectivity index (χ4v) is 1.75. The van der Waals surface area contributed by atoms with Gasteiger partial charge in [-0.2, -0.15) is 5.10 Å². The average molecular weight is 243 g/mol. The molecule has 0 bridgehead atoms. The lowest BCUT2D eigenvalue weighted by atomic mass is 10.2. The lowest BCUT2D eigenvalue weighted by Gasteiger charge is -2.00. The SMILES string of the molecule is O=C(O)c1cnc2c(cnn2Cc2ccco2)c1. The summed E-state index contributed by atoms with van der Waals surface area (Å²) < 4.78 is 6.90. The Morgan fingerprint density at radius 3 is 3.06 bits per heavy atom. The second kappa shape index (κ2) is 3.99. The Kier molecular flexibility index (Phi) is 2.33. The van der Waals surface area contributed by atoms with Crippen molar-refractivity contribution in [2.24, 2.45) is 0 Å². The van der Waals surface area contributed by atoms with Gasteiger partial charge in [0, 0.05) is 11.6 Å². The second-order valence-electron chi connectivity index (χ2n) is 3.82. The van der Waals surface area contributed by atoms with Crippen molar-refractivity contribution in [3.8, 4) is 0 Å². The molecule has 6 nitrogen and oxygen atoms in total. The first-order valence-electron chi connectivity index (χ1n) is 5.31. The van der Waals surface area contributed by atoms with E-state index in [2.05, 4.69) is 10.1 Å². The second-order valence-corrected chi connectivity index (χ2v) is 3.82.